The number of benzene rings is 15. The van der Waals surface area contributed by atoms with E-state index < -0.39 is 0 Å². The summed E-state index contributed by atoms with van der Waals surface area (Å²) in [5.74, 6) is 0. The number of furan rings is 4. The Morgan fingerprint density at radius 1 is 0.163 bits per heavy atom. The van der Waals surface area contributed by atoms with E-state index in [2.05, 4.69) is 261 Å². The molecule has 0 aliphatic rings. The molecule has 86 heavy (non-hydrogen) atoms. The summed E-state index contributed by atoms with van der Waals surface area (Å²) in [5.41, 5.74) is 20.1. The number of hydrogen-bond donors (Lipinski definition) is 0. The Hall–Kier alpha value is -11.5. The number of fused-ring (bicyclic) bond motifs is 18. The van der Waals surface area contributed by atoms with Crippen molar-refractivity contribution in [3.63, 3.8) is 0 Å². The number of para-hydroxylation sites is 4. The van der Waals surface area contributed by atoms with E-state index in [0.717, 1.165) is 149 Å². The summed E-state index contributed by atoms with van der Waals surface area (Å²) in [6.07, 6.45) is 0. The normalized spacial score (nSPS) is 12.2. The van der Waals surface area contributed by atoms with E-state index in [1.165, 1.54) is 49.0 Å². The van der Waals surface area contributed by atoms with Gasteiger partial charge in [-0.15, -0.1) is 0 Å². The van der Waals surface area contributed by atoms with Crippen molar-refractivity contribution in [3.8, 4) is 66.8 Å². The third kappa shape index (κ3) is 6.69. The average molecular weight is 1100 g/mol. The van der Waals surface area contributed by atoms with Crippen LogP contribution in [0, 0.1) is 0 Å². The van der Waals surface area contributed by atoms with Crippen LogP contribution in [0.15, 0.2) is 297 Å². The zero-order chi connectivity index (χ0) is 56.1. The van der Waals surface area contributed by atoms with Gasteiger partial charge in [0, 0.05) is 60.1 Å². The van der Waals surface area contributed by atoms with Crippen molar-refractivity contribution in [2.45, 2.75) is 0 Å². The van der Waals surface area contributed by atoms with E-state index in [9.17, 15) is 0 Å². The molecule has 0 spiro atoms. The van der Waals surface area contributed by atoms with Crippen LogP contribution in [0.4, 0.5) is 0 Å². The molecule has 0 atom stereocenters. The summed E-state index contributed by atoms with van der Waals surface area (Å²) < 4.78 is 28.0. The lowest BCUT2D eigenvalue weighted by molar-refractivity contribution is 0.663. The Balaban J connectivity index is 0.783. The summed E-state index contributed by atoms with van der Waals surface area (Å²) in [4.78, 5) is 0. The standard InChI is InChI=1S/C82H46O4/c1-2-21-47(22-3-1)72-54-28-4-8-32-58(54)74(59-33-9-5-29-55(59)72)68-46-66-62-39-20-38-52(78(62)86-80(66)77-64-37-14-17-42-71(64)85-82(68)77)50-25-18-23-48(43-50)49-24-19-26-51(44-49)73-56-30-6-10-34-60(56)75(61-35-11-7-31-57(61)73)67-45-65-53-27-12-15-40-69(53)83-79(65)76-63-36-13-16-41-70(63)84-81(67)76/h1-46H. The maximum atomic E-state index is 7.31. The lowest BCUT2D eigenvalue weighted by Crippen LogP contribution is -1.92. The predicted octanol–water partition coefficient (Wildman–Crippen LogP) is 23.9. The van der Waals surface area contributed by atoms with Gasteiger partial charge in [-0.05, 0) is 124 Å². The maximum absolute atomic E-state index is 7.31. The highest BCUT2D eigenvalue weighted by Crippen LogP contribution is 2.53. The molecule has 4 heteroatoms. The van der Waals surface area contributed by atoms with Crippen LogP contribution in [0.2, 0.25) is 0 Å². The maximum Gasteiger partial charge on any atom is 0.147 e. The molecule has 19 aromatic rings. The minimum atomic E-state index is 0.812. The Kier molecular flexibility index (Phi) is 9.86. The van der Waals surface area contributed by atoms with Gasteiger partial charge in [-0.2, -0.15) is 0 Å². The number of hydrogen-bond acceptors (Lipinski definition) is 4. The molecule has 4 aromatic heterocycles. The van der Waals surface area contributed by atoms with Crippen molar-refractivity contribution < 1.29 is 17.7 Å². The first-order chi connectivity index (χ1) is 42.7. The van der Waals surface area contributed by atoms with Crippen LogP contribution < -0.4 is 0 Å². The van der Waals surface area contributed by atoms with Crippen molar-refractivity contribution in [1.82, 2.24) is 0 Å². The smallest absolute Gasteiger partial charge is 0.147 e. The van der Waals surface area contributed by atoms with Crippen molar-refractivity contribution in [2.24, 2.45) is 0 Å². The molecular formula is C82H46O4. The van der Waals surface area contributed by atoms with Crippen LogP contribution in [-0.4, -0.2) is 0 Å². The summed E-state index contributed by atoms with van der Waals surface area (Å²) in [5, 5.41) is 17.6. The SMILES string of the molecule is c1ccc(-c2c3ccccc3c(-c3cc4c5cccc(-c6cccc(-c7cccc(-c8c9ccccc9c(-c9cc%10c%11ccccc%11oc%10c%10c9oc9ccccc9%10)c9ccccc89)c7)c6)c5oc4c4c3oc3ccccc34)c3ccccc23)cc1. The van der Waals surface area contributed by atoms with Gasteiger partial charge in [0.2, 0.25) is 0 Å². The summed E-state index contributed by atoms with van der Waals surface area (Å²) in [7, 11) is 0. The van der Waals surface area contributed by atoms with Gasteiger partial charge >= 0.3 is 0 Å². The molecule has 0 aliphatic carbocycles. The molecule has 19 rings (SSSR count). The summed E-state index contributed by atoms with van der Waals surface area (Å²) in [6.45, 7) is 0. The van der Waals surface area contributed by atoms with E-state index in [1.807, 2.05) is 18.2 Å². The molecule has 0 bridgehead atoms. The van der Waals surface area contributed by atoms with Crippen LogP contribution in [0.1, 0.15) is 0 Å². The fourth-order valence-corrected chi connectivity index (χ4v) is 14.6. The minimum Gasteiger partial charge on any atom is -0.455 e. The molecule has 0 saturated heterocycles. The molecule has 4 nitrogen and oxygen atoms in total. The van der Waals surface area contributed by atoms with Gasteiger partial charge in [0.25, 0.3) is 0 Å². The highest BCUT2D eigenvalue weighted by molar-refractivity contribution is 6.32. The molecular weight excluding hydrogens is 1050 g/mol. The molecule has 0 aliphatic heterocycles. The summed E-state index contributed by atoms with van der Waals surface area (Å²) in [6, 6.07) is 100. The van der Waals surface area contributed by atoms with Gasteiger partial charge in [0.15, 0.2) is 0 Å². The predicted molar refractivity (Wildman–Crippen MR) is 358 cm³/mol. The Bertz CT molecular complexity index is 5970. The minimum absolute atomic E-state index is 0.812. The fourth-order valence-electron chi connectivity index (χ4n) is 14.6. The highest BCUT2D eigenvalue weighted by Gasteiger charge is 2.28. The second-order valence-corrected chi connectivity index (χ2v) is 22.8. The van der Waals surface area contributed by atoms with Crippen molar-refractivity contribution >= 4 is 131 Å². The molecule has 0 saturated carbocycles. The van der Waals surface area contributed by atoms with Gasteiger partial charge in [-0.3, -0.25) is 0 Å². The summed E-state index contributed by atoms with van der Waals surface area (Å²) >= 11 is 0. The van der Waals surface area contributed by atoms with Crippen LogP contribution in [-0.2, 0) is 0 Å². The topological polar surface area (TPSA) is 52.6 Å². The molecule has 15 aromatic carbocycles. The zero-order valence-corrected chi connectivity index (χ0v) is 46.2. The molecule has 4 heterocycles. The van der Waals surface area contributed by atoms with Crippen LogP contribution in [0.5, 0.6) is 0 Å². The van der Waals surface area contributed by atoms with Gasteiger partial charge in [-0.25, -0.2) is 0 Å². The second kappa shape index (κ2) is 18.0. The second-order valence-electron chi connectivity index (χ2n) is 22.8. The number of rotatable bonds is 6. The van der Waals surface area contributed by atoms with Crippen molar-refractivity contribution in [3.05, 3.63) is 279 Å². The molecule has 0 radical (unpaired) electrons. The van der Waals surface area contributed by atoms with E-state index >= 15 is 0 Å². The monoisotopic (exact) mass is 1090 g/mol. The van der Waals surface area contributed by atoms with E-state index in [0.29, 0.717) is 0 Å². The van der Waals surface area contributed by atoms with Crippen LogP contribution in [0.25, 0.3) is 198 Å². The quantitative estimate of drug-likeness (QED) is 0.156. The highest BCUT2D eigenvalue weighted by atomic mass is 16.4. The van der Waals surface area contributed by atoms with Gasteiger partial charge in [0.05, 0.1) is 10.8 Å². The van der Waals surface area contributed by atoms with E-state index in [4.69, 9.17) is 17.7 Å². The molecule has 0 fully saturated rings. The Morgan fingerprint density at radius 2 is 0.500 bits per heavy atom. The van der Waals surface area contributed by atoms with Crippen molar-refractivity contribution in [1.29, 1.82) is 0 Å². The van der Waals surface area contributed by atoms with Crippen molar-refractivity contribution in [2.75, 3.05) is 0 Å². The Morgan fingerprint density at radius 3 is 1.02 bits per heavy atom. The average Bonchev–Trinajstić information content (AvgIpc) is 1.60. The first-order valence-electron chi connectivity index (χ1n) is 29.4. The first-order valence-corrected chi connectivity index (χ1v) is 29.4. The molecule has 0 amide bonds. The third-order valence-corrected chi connectivity index (χ3v) is 18.2. The first kappa shape index (κ1) is 47.1. The largest absolute Gasteiger partial charge is 0.455 e. The van der Waals surface area contributed by atoms with Gasteiger partial charge < -0.3 is 17.7 Å². The van der Waals surface area contributed by atoms with Crippen LogP contribution in [0.3, 0.4) is 0 Å². The van der Waals surface area contributed by atoms with E-state index in [-0.39, 0.29) is 0 Å². The van der Waals surface area contributed by atoms with E-state index in [1.54, 1.807) is 0 Å². The molecule has 0 N–H and O–H groups in total. The van der Waals surface area contributed by atoms with Gasteiger partial charge in [0.1, 0.15) is 44.7 Å². The Labute approximate surface area is 491 Å². The molecule has 0 unspecified atom stereocenters. The van der Waals surface area contributed by atoms with Crippen LogP contribution >= 0.6 is 0 Å². The van der Waals surface area contributed by atoms with Gasteiger partial charge in [-0.1, -0.05) is 237 Å². The lowest BCUT2D eigenvalue weighted by atomic mass is 9.84. The zero-order valence-electron chi connectivity index (χ0n) is 46.2. The fraction of sp³-hybridized carbons (Fsp3) is 0. The lowest BCUT2D eigenvalue weighted by Gasteiger charge is -2.18. The molecule has 398 valence electrons. The third-order valence-electron chi connectivity index (χ3n) is 18.2.